The van der Waals surface area contributed by atoms with E-state index in [2.05, 4.69) is 10.2 Å². The molecule has 6 heteroatoms. The summed E-state index contributed by atoms with van der Waals surface area (Å²) >= 11 is 0. The number of amides is 3. The number of urea groups is 1. The molecule has 0 radical (unpaired) electrons. The maximum absolute atomic E-state index is 12.2. The van der Waals surface area contributed by atoms with Crippen LogP contribution in [-0.2, 0) is 4.79 Å². The first-order chi connectivity index (χ1) is 10.2. The molecule has 2 fully saturated rings. The number of likely N-dealkylation sites (tertiary alicyclic amines) is 1. The third-order valence-electron chi connectivity index (χ3n) is 4.29. The van der Waals surface area contributed by atoms with Gasteiger partial charge in [0.1, 0.15) is 0 Å². The van der Waals surface area contributed by atoms with Gasteiger partial charge in [0, 0.05) is 45.7 Å². The molecule has 0 bridgehead atoms. The summed E-state index contributed by atoms with van der Waals surface area (Å²) in [6.45, 7) is 8.53. The predicted octanol–water partition coefficient (Wildman–Crippen LogP) is 0.736. The van der Waals surface area contributed by atoms with Crippen molar-refractivity contribution < 1.29 is 9.59 Å². The Morgan fingerprint density at radius 3 is 2.19 bits per heavy atom. The molecule has 0 saturated carbocycles. The van der Waals surface area contributed by atoms with Crippen LogP contribution in [0, 0.1) is 0 Å². The van der Waals surface area contributed by atoms with Crippen molar-refractivity contribution in [3.63, 3.8) is 0 Å². The molecule has 0 aromatic heterocycles. The van der Waals surface area contributed by atoms with Gasteiger partial charge in [0.15, 0.2) is 0 Å². The summed E-state index contributed by atoms with van der Waals surface area (Å²) in [4.78, 5) is 30.1. The van der Waals surface area contributed by atoms with Gasteiger partial charge >= 0.3 is 6.03 Å². The number of hydrogen-bond acceptors (Lipinski definition) is 3. The van der Waals surface area contributed by atoms with Gasteiger partial charge in [-0.1, -0.05) is 6.92 Å². The SMILES string of the molecule is CCCNC(=O)N1CCN(C(=O)CCN2CCCC2)CC1. The minimum atomic E-state index is 0.000940. The largest absolute Gasteiger partial charge is 0.339 e. The van der Waals surface area contributed by atoms with Crippen molar-refractivity contribution in [2.75, 3.05) is 52.4 Å². The number of nitrogens with one attached hydrogen (secondary N) is 1. The fraction of sp³-hybridized carbons (Fsp3) is 0.867. The maximum Gasteiger partial charge on any atom is 0.317 e. The van der Waals surface area contributed by atoms with Crippen LogP contribution in [-0.4, -0.2) is 79.0 Å². The van der Waals surface area contributed by atoms with Gasteiger partial charge in [-0.05, 0) is 32.4 Å². The fourth-order valence-corrected chi connectivity index (χ4v) is 2.92. The van der Waals surface area contributed by atoms with Crippen LogP contribution in [0.15, 0.2) is 0 Å². The standard InChI is InChI=1S/C15H28N4O2/c1-2-6-16-15(21)19-12-10-18(11-13-19)14(20)5-9-17-7-3-4-8-17/h2-13H2,1H3,(H,16,21). The zero-order valence-electron chi connectivity index (χ0n) is 13.1. The van der Waals surface area contributed by atoms with Crippen LogP contribution in [0.5, 0.6) is 0 Å². The van der Waals surface area contributed by atoms with Gasteiger partial charge in [-0.25, -0.2) is 4.79 Å². The van der Waals surface area contributed by atoms with Crippen molar-refractivity contribution >= 4 is 11.9 Å². The molecular weight excluding hydrogens is 268 g/mol. The van der Waals surface area contributed by atoms with Crippen molar-refractivity contribution in [1.82, 2.24) is 20.0 Å². The Morgan fingerprint density at radius 1 is 0.952 bits per heavy atom. The number of rotatable bonds is 5. The molecule has 2 saturated heterocycles. The number of nitrogens with zero attached hydrogens (tertiary/aromatic N) is 3. The van der Waals surface area contributed by atoms with Gasteiger partial charge in [0.25, 0.3) is 0 Å². The number of carbonyl (C=O) groups is 2. The van der Waals surface area contributed by atoms with Crippen LogP contribution in [0.2, 0.25) is 0 Å². The molecular formula is C15H28N4O2. The lowest BCUT2D eigenvalue weighted by Crippen LogP contribution is -2.53. The summed E-state index contributed by atoms with van der Waals surface area (Å²) in [7, 11) is 0. The fourth-order valence-electron chi connectivity index (χ4n) is 2.92. The second-order valence-corrected chi connectivity index (χ2v) is 5.90. The molecule has 0 atom stereocenters. The Hall–Kier alpha value is -1.30. The Morgan fingerprint density at radius 2 is 1.57 bits per heavy atom. The molecule has 1 N–H and O–H groups in total. The van der Waals surface area contributed by atoms with Crippen LogP contribution in [0.3, 0.4) is 0 Å². The highest BCUT2D eigenvalue weighted by atomic mass is 16.2. The predicted molar refractivity (Wildman–Crippen MR) is 82.1 cm³/mol. The van der Waals surface area contributed by atoms with E-state index >= 15 is 0 Å². The van der Waals surface area contributed by atoms with Gasteiger partial charge in [-0.3, -0.25) is 4.79 Å². The van der Waals surface area contributed by atoms with Gasteiger partial charge in [-0.2, -0.15) is 0 Å². The van der Waals surface area contributed by atoms with Gasteiger partial charge in [-0.15, -0.1) is 0 Å². The average molecular weight is 296 g/mol. The molecule has 0 unspecified atom stereocenters. The summed E-state index contributed by atoms with van der Waals surface area (Å²) < 4.78 is 0. The Balaban J connectivity index is 1.65. The molecule has 120 valence electrons. The van der Waals surface area contributed by atoms with Gasteiger partial charge in [0.2, 0.25) is 5.91 Å². The lowest BCUT2D eigenvalue weighted by molar-refractivity contribution is -0.132. The van der Waals surface area contributed by atoms with Crippen LogP contribution < -0.4 is 5.32 Å². The monoisotopic (exact) mass is 296 g/mol. The number of piperazine rings is 1. The molecule has 0 aromatic carbocycles. The Kier molecular flexibility index (Phi) is 6.29. The van der Waals surface area contributed by atoms with E-state index in [1.54, 1.807) is 4.90 Å². The van der Waals surface area contributed by atoms with Crippen LogP contribution in [0.25, 0.3) is 0 Å². The highest BCUT2D eigenvalue weighted by Crippen LogP contribution is 2.09. The third-order valence-corrected chi connectivity index (χ3v) is 4.29. The summed E-state index contributed by atoms with van der Waals surface area (Å²) in [5.74, 6) is 0.232. The van der Waals surface area contributed by atoms with Gasteiger partial charge < -0.3 is 20.0 Å². The lowest BCUT2D eigenvalue weighted by Gasteiger charge is -2.35. The molecule has 6 nitrogen and oxygen atoms in total. The normalized spacial score (nSPS) is 19.9. The zero-order chi connectivity index (χ0) is 15.1. The molecule has 21 heavy (non-hydrogen) atoms. The van der Waals surface area contributed by atoms with E-state index < -0.39 is 0 Å². The van der Waals surface area contributed by atoms with E-state index in [0.717, 1.165) is 26.1 Å². The smallest absolute Gasteiger partial charge is 0.317 e. The Bertz CT molecular complexity index is 348. The van der Waals surface area contributed by atoms with Crippen molar-refractivity contribution in [2.45, 2.75) is 32.6 Å². The van der Waals surface area contributed by atoms with Crippen LogP contribution in [0.4, 0.5) is 4.79 Å². The molecule has 2 rings (SSSR count). The van der Waals surface area contributed by atoms with E-state index in [1.807, 2.05) is 11.8 Å². The third kappa shape index (κ3) is 4.88. The summed E-state index contributed by atoms with van der Waals surface area (Å²) in [5.41, 5.74) is 0. The molecule has 2 heterocycles. The topological polar surface area (TPSA) is 55.9 Å². The lowest BCUT2D eigenvalue weighted by atomic mass is 10.2. The second kappa shape index (κ2) is 8.22. The molecule has 0 aromatic rings. The van der Waals surface area contributed by atoms with Gasteiger partial charge in [0.05, 0.1) is 0 Å². The first kappa shape index (κ1) is 16.1. The minimum Gasteiger partial charge on any atom is -0.339 e. The molecule has 2 aliphatic rings. The van der Waals surface area contributed by atoms with Crippen molar-refractivity contribution in [1.29, 1.82) is 0 Å². The minimum absolute atomic E-state index is 0.000940. The average Bonchev–Trinajstić information content (AvgIpc) is 3.04. The van der Waals surface area contributed by atoms with Crippen LogP contribution >= 0.6 is 0 Å². The van der Waals surface area contributed by atoms with Crippen molar-refractivity contribution in [3.05, 3.63) is 0 Å². The molecule has 0 aliphatic carbocycles. The van der Waals surface area contributed by atoms with Crippen LogP contribution in [0.1, 0.15) is 32.6 Å². The maximum atomic E-state index is 12.2. The molecule has 2 aliphatic heterocycles. The zero-order valence-corrected chi connectivity index (χ0v) is 13.1. The summed E-state index contributed by atoms with van der Waals surface area (Å²) in [6, 6.07) is 0.000940. The van der Waals surface area contributed by atoms with E-state index in [4.69, 9.17) is 0 Å². The second-order valence-electron chi connectivity index (χ2n) is 5.90. The highest BCUT2D eigenvalue weighted by molar-refractivity contribution is 5.77. The number of hydrogen-bond donors (Lipinski definition) is 1. The van der Waals surface area contributed by atoms with E-state index in [9.17, 15) is 9.59 Å². The van der Waals surface area contributed by atoms with E-state index in [0.29, 0.717) is 39.1 Å². The number of carbonyl (C=O) groups excluding carboxylic acids is 2. The first-order valence-electron chi connectivity index (χ1n) is 8.23. The summed E-state index contributed by atoms with van der Waals surface area (Å²) in [6.07, 6.45) is 4.09. The highest BCUT2D eigenvalue weighted by Gasteiger charge is 2.24. The van der Waals surface area contributed by atoms with Crippen molar-refractivity contribution in [2.24, 2.45) is 0 Å². The molecule has 3 amide bonds. The quantitative estimate of drug-likeness (QED) is 0.814. The van der Waals surface area contributed by atoms with E-state index in [1.165, 1.54) is 12.8 Å². The summed E-state index contributed by atoms with van der Waals surface area (Å²) in [5, 5.41) is 2.89. The Labute approximate surface area is 127 Å². The first-order valence-corrected chi connectivity index (χ1v) is 8.23. The van der Waals surface area contributed by atoms with Crippen molar-refractivity contribution in [3.8, 4) is 0 Å². The molecule has 0 spiro atoms. The van der Waals surface area contributed by atoms with E-state index in [-0.39, 0.29) is 11.9 Å².